The second-order valence-electron chi connectivity index (χ2n) is 6.17. The molecule has 0 amide bonds. The van der Waals surface area contributed by atoms with Gasteiger partial charge in [0.2, 0.25) is 0 Å². The van der Waals surface area contributed by atoms with Crippen LogP contribution < -0.4 is 0 Å². The Kier molecular flexibility index (Phi) is 3.07. The van der Waals surface area contributed by atoms with E-state index in [0.717, 1.165) is 22.1 Å². The van der Waals surface area contributed by atoms with E-state index < -0.39 is 0 Å². The number of hydrogen-bond acceptors (Lipinski definition) is 1. The van der Waals surface area contributed by atoms with Crippen molar-refractivity contribution in [3.63, 3.8) is 0 Å². The number of halogens is 1. The SMILES string of the molecule is Brc1ccc(-c2nc3ccccc3c3c2Cc2ccccc2-3)cc1. The molecule has 1 nitrogen and oxygen atoms in total. The zero-order valence-corrected chi connectivity index (χ0v) is 14.5. The predicted molar refractivity (Wildman–Crippen MR) is 103 cm³/mol. The van der Waals surface area contributed by atoms with Gasteiger partial charge in [0, 0.05) is 21.8 Å². The molecule has 5 rings (SSSR count). The third-order valence-electron chi connectivity index (χ3n) is 4.76. The summed E-state index contributed by atoms with van der Waals surface area (Å²) in [5.74, 6) is 0. The molecule has 2 heteroatoms. The number of benzene rings is 3. The molecule has 0 atom stereocenters. The lowest BCUT2D eigenvalue weighted by atomic mass is 9.97. The summed E-state index contributed by atoms with van der Waals surface area (Å²) in [7, 11) is 0. The molecule has 4 aromatic rings. The minimum atomic E-state index is 0.953. The molecular formula is C22H14BrN. The van der Waals surface area contributed by atoms with Gasteiger partial charge < -0.3 is 0 Å². The summed E-state index contributed by atoms with van der Waals surface area (Å²) in [6, 6.07) is 25.6. The smallest absolute Gasteiger partial charge is 0.0751 e. The molecule has 1 aromatic heterocycles. The lowest BCUT2D eigenvalue weighted by Crippen LogP contribution is -1.94. The molecule has 0 spiro atoms. The molecule has 0 N–H and O–H groups in total. The fourth-order valence-electron chi connectivity index (χ4n) is 3.69. The van der Waals surface area contributed by atoms with Gasteiger partial charge in [-0.25, -0.2) is 4.98 Å². The summed E-state index contributed by atoms with van der Waals surface area (Å²) in [4.78, 5) is 5.01. The average molecular weight is 372 g/mol. The number of hydrogen-bond donors (Lipinski definition) is 0. The van der Waals surface area contributed by atoms with Crippen LogP contribution in [0.1, 0.15) is 11.1 Å². The zero-order valence-electron chi connectivity index (χ0n) is 13.0. The van der Waals surface area contributed by atoms with Gasteiger partial charge in [-0.3, -0.25) is 0 Å². The van der Waals surface area contributed by atoms with Crippen LogP contribution in [-0.2, 0) is 6.42 Å². The van der Waals surface area contributed by atoms with Crippen molar-refractivity contribution in [3.05, 3.63) is 88.4 Å². The molecule has 0 bridgehead atoms. The first-order chi connectivity index (χ1) is 11.8. The van der Waals surface area contributed by atoms with E-state index in [4.69, 9.17) is 4.98 Å². The molecule has 1 aliphatic rings. The van der Waals surface area contributed by atoms with Gasteiger partial charge in [-0.1, -0.05) is 70.5 Å². The van der Waals surface area contributed by atoms with E-state index in [1.54, 1.807) is 0 Å². The monoisotopic (exact) mass is 371 g/mol. The maximum atomic E-state index is 5.01. The van der Waals surface area contributed by atoms with E-state index in [2.05, 4.69) is 88.7 Å². The van der Waals surface area contributed by atoms with E-state index >= 15 is 0 Å². The van der Waals surface area contributed by atoms with Gasteiger partial charge in [0.05, 0.1) is 11.2 Å². The van der Waals surface area contributed by atoms with Crippen molar-refractivity contribution >= 4 is 26.8 Å². The number of aromatic nitrogens is 1. The highest BCUT2D eigenvalue weighted by Crippen LogP contribution is 2.44. The third kappa shape index (κ3) is 2.03. The topological polar surface area (TPSA) is 12.9 Å². The van der Waals surface area contributed by atoms with E-state index in [1.807, 2.05) is 0 Å². The highest BCUT2D eigenvalue weighted by molar-refractivity contribution is 9.10. The molecule has 114 valence electrons. The number of para-hydroxylation sites is 1. The normalized spacial score (nSPS) is 12.2. The standard InChI is InChI=1S/C22H14BrN/c23-16-11-9-14(10-12-16)22-19-13-15-5-1-2-6-17(15)21(19)18-7-3-4-8-20(18)24-22/h1-12H,13H2. The summed E-state index contributed by atoms with van der Waals surface area (Å²) in [5, 5.41) is 1.25. The predicted octanol–water partition coefficient (Wildman–Crippen LogP) is 6.24. The van der Waals surface area contributed by atoms with Crippen LogP contribution in [0, 0.1) is 0 Å². The number of pyridine rings is 1. The Hall–Kier alpha value is -2.45. The van der Waals surface area contributed by atoms with Crippen LogP contribution in [0.2, 0.25) is 0 Å². The van der Waals surface area contributed by atoms with E-state index in [-0.39, 0.29) is 0 Å². The molecule has 0 aliphatic heterocycles. The number of rotatable bonds is 1. The van der Waals surface area contributed by atoms with Crippen LogP contribution >= 0.6 is 15.9 Å². The molecular weight excluding hydrogens is 358 g/mol. The summed E-state index contributed by atoms with van der Waals surface area (Å²) < 4.78 is 1.09. The summed E-state index contributed by atoms with van der Waals surface area (Å²) in [6.07, 6.45) is 0.953. The maximum absolute atomic E-state index is 5.01. The lowest BCUT2D eigenvalue weighted by Gasteiger charge is -2.12. The molecule has 0 fully saturated rings. The van der Waals surface area contributed by atoms with Gasteiger partial charge in [0.1, 0.15) is 0 Å². The van der Waals surface area contributed by atoms with Gasteiger partial charge >= 0.3 is 0 Å². The van der Waals surface area contributed by atoms with Gasteiger partial charge in [-0.2, -0.15) is 0 Å². The highest BCUT2D eigenvalue weighted by Gasteiger charge is 2.25. The van der Waals surface area contributed by atoms with E-state index in [1.165, 1.54) is 33.2 Å². The van der Waals surface area contributed by atoms with Crippen molar-refractivity contribution in [2.75, 3.05) is 0 Å². The molecule has 0 radical (unpaired) electrons. The highest BCUT2D eigenvalue weighted by atomic mass is 79.9. The maximum Gasteiger partial charge on any atom is 0.0751 e. The van der Waals surface area contributed by atoms with Crippen LogP contribution in [0.5, 0.6) is 0 Å². The van der Waals surface area contributed by atoms with Crippen LogP contribution in [-0.4, -0.2) is 4.98 Å². The van der Waals surface area contributed by atoms with Gasteiger partial charge in [-0.05, 0) is 40.5 Å². The van der Waals surface area contributed by atoms with Crippen LogP contribution in [0.15, 0.2) is 77.3 Å². The van der Waals surface area contributed by atoms with Crippen molar-refractivity contribution in [2.45, 2.75) is 6.42 Å². The van der Waals surface area contributed by atoms with Crippen molar-refractivity contribution in [3.8, 4) is 22.4 Å². The number of nitrogens with zero attached hydrogens (tertiary/aromatic N) is 1. The fraction of sp³-hybridized carbons (Fsp3) is 0.0455. The fourth-order valence-corrected chi connectivity index (χ4v) is 3.95. The zero-order chi connectivity index (χ0) is 16.1. The van der Waals surface area contributed by atoms with Crippen LogP contribution in [0.4, 0.5) is 0 Å². The first-order valence-electron chi connectivity index (χ1n) is 8.07. The Morgan fingerprint density at radius 2 is 1.54 bits per heavy atom. The Morgan fingerprint density at radius 3 is 2.42 bits per heavy atom. The Bertz CT molecular complexity index is 1080. The second kappa shape index (κ2) is 5.29. The first kappa shape index (κ1) is 13.9. The quantitative estimate of drug-likeness (QED) is 0.340. The van der Waals surface area contributed by atoms with Gasteiger partial charge in [0.15, 0.2) is 0 Å². The lowest BCUT2D eigenvalue weighted by molar-refractivity contribution is 1.23. The minimum Gasteiger partial charge on any atom is -0.247 e. The Balaban J connectivity index is 1.88. The molecule has 3 aromatic carbocycles. The second-order valence-corrected chi connectivity index (χ2v) is 7.09. The molecule has 0 unspecified atom stereocenters. The van der Waals surface area contributed by atoms with Crippen molar-refractivity contribution < 1.29 is 0 Å². The van der Waals surface area contributed by atoms with Crippen molar-refractivity contribution in [1.82, 2.24) is 4.98 Å². The summed E-state index contributed by atoms with van der Waals surface area (Å²) in [5.41, 5.74) is 8.78. The first-order valence-corrected chi connectivity index (χ1v) is 8.86. The largest absolute Gasteiger partial charge is 0.247 e. The summed E-state index contributed by atoms with van der Waals surface area (Å²) >= 11 is 3.52. The summed E-state index contributed by atoms with van der Waals surface area (Å²) in [6.45, 7) is 0. The molecule has 0 saturated carbocycles. The van der Waals surface area contributed by atoms with Gasteiger partial charge in [-0.15, -0.1) is 0 Å². The molecule has 1 heterocycles. The molecule has 24 heavy (non-hydrogen) atoms. The third-order valence-corrected chi connectivity index (χ3v) is 5.29. The van der Waals surface area contributed by atoms with Crippen molar-refractivity contribution in [2.24, 2.45) is 0 Å². The number of fused-ring (bicyclic) bond motifs is 5. The Labute approximate surface area is 149 Å². The molecule has 0 saturated heterocycles. The average Bonchev–Trinajstić information content (AvgIpc) is 3.02. The van der Waals surface area contributed by atoms with Gasteiger partial charge in [0.25, 0.3) is 0 Å². The van der Waals surface area contributed by atoms with Crippen LogP contribution in [0.25, 0.3) is 33.3 Å². The minimum absolute atomic E-state index is 0.953. The Morgan fingerprint density at radius 1 is 0.792 bits per heavy atom. The van der Waals surface area contributed by atoms with Crippen LogP contribution in [0.3, 0.4) is 0 Å². The molecule has 1 aliphatic carbocycles. The van der Waals surface area contributed by atoms with E-state index in [0.29, 0.717) is 0 Å². The van der Waals surface area contributed by atoms with E-state index in [9.17, 15) is 0 Å². The van der Waals surface area contributed by atoms with Crippen molar-refractivity contribution in [1.29, 1.82) is 0 Å².